The van der Waals surface area contributed by atoms with Crippen molar-refractivity contribution in [1.82, 2.24) is 5.32 Å². The first-order chi connectivity index (χ1) is 9.61. The van der Waals surface area contributed by atoms with Gasteiger partial charge in [0.2, 0.25) is 0 Å². The van der Waals surface area contributed by atoms with Crippen molar-refractivity contribution >= 4 is 17.3 Å². The van der Waals surface area contributed by atoms with E-state index in [1.165, 1.54) is 24.1 Å². The topological polar surface area (TPSA) is 24.5 Å². The first kappa shape index (κ1) is 14.2. The van der Waals surface area contributed by atoms with Gasteiger partial charge in [-0.05, 0) is 50.5 Å². The Labute approximate surface area is 126 Å². The van der Waals surface area contributed by atoms with E-state index in [2.05, 4.69) is 36.2 Å². The van der Waals surface area contributed by atoms with Gasteiger partial charge in [0.1, 0.15) is 0 Å². The summed E-state index contributed by atoms with van der Waals surface area (Å²) in [7, 11) is 0. The molecule has 1 aromatic carbocycles. The number of ether oxygens (including phenoxy) is 1. The highest BCUT2D eigenvalue weighted by molar-refractivity contribution is 6.30. The average molecular weight is 295 g/mol. The minimum atomic E-state index is 0.277. The summed E-state index contributed by atoms with van der Waals surface area (Å²) < 4.78 is 5.83. The van der Waals surface area contributed by atoms with Gasteiger partial charge in [-0.25, -0.2) is 0 Å². The summed E-state index contributed by atoms with van der Waals surface area (Å²) in [5, 5.41) is 4.40. The average Bonchev–Trinajstić information content (AvgIpc) is 3.19. The third kappa shape index (κ3) is 3.46. The molecular formula is C16H23ClN2O. The van der Waals surface area contributed by atoms with Crippen LogP contribution in [0.1, 0.15) is 32.3 Å². The zero-order chi connectivity index (χ0) is 14.1. The highest BCUT2D eigenvalue weighted by Crippen LogP contribution is 2.28. The molecule has 2 aliphatic rings. The number of morpholine rings is 1. The van der Waals surface area contributed by atoms with Crippen LogP contribution in [0.25, 0.3) is 0 Å². The fourth-order valence-electron chi connectivity index (χ4n) is 2.92. The lowest BCUT2D eigenvalue weighted by Gasteiger charge is -2.38. The van der Waals surface area contributed by atoms with Gasteiger partial charge in [0, 0.05) is 36.4 Å². The molecule has 3 nitrogen and oxygen atoms in total. The molecule has 1 saturated heterocycles. The van der Waals surface area contributed by atoms with Crippen LogP contribution in [0.15, 0.2) is 18.2 Å². The predicted octanol–water partition coefficient (Wildman–Crippen LogP) is 3.21. The third-order valence-corrected chi connectivity index (χ3v) is 4.20. The van der Waals surface area contributed by atoms with Crippen LogP contribution in [0.5, 0.6) is 0 Å². The lowest BCUT2D eigenvalue weighted by molar-refractivity contribution is -0.00526. The van der Waals surface area contributed by atoms with E-state index in [1.54, 1.807) is 0 Å². The summed E-state index contributed by atoms with van der Waals surface area (Å²) in [5.41, 5.74) is 2.59. The van der Waals surface area contributed by atoms with Crippen molar-refractivity contribution in [3.63, 3.8) is 0 Å². The number of hydrogen-bond acceptors (Lipinski definition) is 3. The van der Waals surface area contributed by atoms with Crippen LogP contribution in [0.2, 0.25) is 5.02 Å². The Hall–Kier alpha value is -0.770. The molecule has 2 atom stereocenters. The summed E-state index contributed by atoms with van der Waals surface area (Å²) in [6.07, 6.45) is 3.17. The molecule has 0 radical (unpaired) electrons. The van der Waals surface area contributed by atoms with Crippen LogP contribution >= 0.6 is 11.6 Å². The van der Waals surface area contributed by atoms with Crippen LogP contribution in [-0.2, 0) is 11.3 Å². The van der Waals surface area contributed by atoms with Gasteiger partial charge in [-0.3, -0.25) is 0 Å². The molecule has 0 amide bonds. The van der Waals surface area contributed by atoms with Gasteiger partial charge in [-0.2, -0.15) is 0 Å². The number of anilines is 1. The SMILES string of the molecule is CC1CN(c2ccc(Cl)cc2CNC2CC2)CC(C)O1. The van der Waals surface area contributed by atoms with Crippen LogP contribution in [0.3, 0.4) is 0 Å². The van der Waals surface area contributed by atoms with E-state index in [4.69, 9.17) is 16.3 Å². The van der Waals surface area contributed by atoms with E-state index in [1.807, 2.05) is 6.07 Å². The van der Waals surface area contributed by atoms with Crippen LogP contribution < -0.4 is 10.2 Å². The second kappa shape index (κ2) is 5.92. The second-order valence-electron chi connectivity index (χ2n) is 6.09. The van der Waals surface area contributed by atoms with E-state index >= 15 is 0 Å². The Balaban J connectivity index is 1.79. The lowest BCUT2D eigenvalue weighted by atomic mass is 10.1. The molecule has 0 bridgehead atoms. The van der Waals surface area contributed by atoms with Crippen molar-refractivity contribution in [2.45, 2.75) is 51.5 Å². The maximum Gasteiger partial charge on any atom is 0.0726 e. The molecule has 2 fully saturated rings. The summed E-state index contributed by atoms with van der Waals surface area (Å²) in [5.74, 6) is 0. The predicted molar refractivity (Wildman–Crippen MR) is 83.5 cm³/mol. The van der Waals surface area contributed by atoms with Gasteiger partial charge < -0.3 is 15.0 Å². The van der Waals surface area contributed by atoms with Crippen molar-refractivity contribution in [2.24, 2.45) is 0 Å². The third-order valence-electron chi connectivity index (χ3n) is 3.96. The molecule has 1 aliphatic heterocycles. The van der Waals surface area contributed by atoms with Crippen LogP contribution in [0, 0.1) is 0 Å². The molecule has 1 N–H and O–H groups in total. The van der Waals surface area contributed by atoms with E-state index < -0.39 is 0 Å². The second-order valence-corrected chi connectivity index (χ2v) is 6.53. The van der Waals surface area contributed by atoms with Crippen LogP contribution in [-0.4, -0.2) is 31.3 Å². The highest BCUT2D eigenvalue weighted by atomic mass is 35.5. The van der Waals surface area contributed by atoms with Crippen molar-refractivity contribution in [3.05, 3.63) is 28.8 Å². The fourth-order valence-corrected chi connectivity index (χ4v) is 3.12. The fraction of sp³-hybridized carbons (Fsp3) is 0.625. The highest BCUT2D eigenvalue weighted by Gasteiger charge is 2.25. The first-order valence-electron chi connectivity index (χ1n) is 7.54. The lowest BCUT2D eigenvalue weighted by Crippen LogP contribution is -2.46. The summed E-state index contributed by atoms with van der Waals surface area (Å²) in [6, 6.07) is 6.94. The van der Waals surface area contributed by atoms with E-state index in [0.717, 1.165) is 24.7 Å². The van der Waals surface area contributed by atoms with E-state index in [9.17, 15) is 0 Å². The molecule has 20 heavy (non-hydrogen) atoms. The Morgan fingerprint density at radius 2 is 1.95 bits per heavy atom. The maximum absolute atomic E-state index is 6.17. The van der Waals surface area contributed by atoms with Crippen molar-refractivity contribution < 1.29 is 4.74 Å². The smallest absolute Gasteiger partial charge is 0.0726 e. The van der Waals surface area contributed by atoms with E-state index in [0.29, 0.717) is 6.04 Å². The molecule has 1 heterocycles. The van der Waals surface area contributed by atoms with Crippen molar-refractivity contribution in [1.29, 1.82) is 0 Å². The quantitative estimate of drug-likeness (QED) is 0.923. The molecule has 0 spiro atoms. The zero-order valence-corrected chi connectivity index (χ0v) is 13.0. The number of hydrogen-bond donors (Lipinski definition) is 1. The zero-order valence-electron chi connectivity index (χ0n) is 12.2. The Morgan fingerprint density at radius 3 is 2.60 bits per heavy atom. The van der Waals surface area contributed by atoms with E-state index in [-0.39, 0.29) is 12.2 Å². The van der Waals surface area contributed by atoms with Crippen LogP contribution in [0.4, 0.5) is 5.69 Å². The molecule has 1 aromatic rings. The number of benzene rings is 1. The van der Waals surface area contributed by atoms with Gasteiger partial charge in [-0.1, -0.05) is 11.6 Å². The summed E-state index contributed by atoms with van der Waals surface area (Å²) >= 11 is 6.17. The standard InChI is InChI=1S/C16H23ClN2O/c1-11-9-19(10-12(2)20-11)16-6-3-14(17)7-13(16)8-18-15-4-5-15/h3,6-7,11-12,15,18H,4-5,8-10H2,1-2H3. The van der Waals surface area contributed by atoms with Gasteiger partial charge in [0.15, 0.2) is 0 Å². The van der Waals surface area contributed by atoms with Gasteiger partial charge in [0.05, 0.1) is 12.2 Å². The minimum Gasteiger partial charge on any atom is -0.372 e. The largest absolute Gasteiger partial charge is 0.372 e. The molecule has 0 aromatic heterocycles. The Bertz CT molecular complexity index is 466. The minimum absolute atomic E-state index is 0.277. The Morgan fingerprint density at radius 1 is 1.25 bits per heavy atom. The molecule has 4 heteroatoms. The molecule has 2 unspecified atom stereocenters. The number of rotatable bonds is 4. The molecule has 3 rings (SSSR count). The normalized spacial score (nSPS) is 26.9. The van der Waals surface area contributed by atoms with Crippen molar-refractivity contribution in [3.8, 4) is 0 Å². The van der Waals surface area contributed by atoms with Crippen molar-refractivity contribution in [2.75, 3.05) is 18.0 Å². The molecular weight excluding hydrogens is 272 g/mol. The summed E-state index contributed by atoms with van der Waals surface area (Å²) in [4.78, 5) is 2.43. The first-order valence-corrected chi connectivity index (χ1v) is 7.92. The Kier molecular flexibility index (Phi) is 4.20. The molecule has 1 aliphatic carbocycles. The number of nitrogens with zero attached hydrogens (tertiary/aromatic N) is 1. The maximum atomic E-state index is 6.17. The monoisotopic (exact) mass is 294 g/mol. The number of halogens is 1. The van der Waals surface area contributed by atoms with Gasteiger partial charge in [0.25, 0.3) is 0 Å². The van der Waals surface area contributed by atoms with Gasteiger partial charge >= 0.3 is 0 Å². The molecule has 110 valence electrons. The number of nitrogens with one attached hydrogen (secondary N) is 1. The van der Waals surface area contributed by atoms with Gasteiger partial charge in [-0.15, -0.1) is 0 Å². The summed E-state index contributed by atoms with van der Waals surface area (Å²) in [6.45, 7) is 7.08. The molecule has 1 saturated carbocycles.